The number of ketones is 1. The average molecular weight is 445 g/mol. The molecule has 3 aromatic rings. The zero-order valence-corrected chi connectivity index (χ0v) is 19.1. The first-order valence-electron chi connectivity index (χ1n) is 10.5. The van der Waals surface area contributed by atoms with Crippen LogP contribution in [0.3, 0.4) is 0 Å². The molecule has 1 spiro atoms. The van der Waals surface area contributed by atoms with Gasteiger partial charge < -0.3 is 10.5 Å². The quantitative estimate of drug-likeness (QED) is 0.560. The third-order valence-corrected chi connectivity index (χ3v) is 6.66. The number of aliphatic imine (C=N–C) groups is 1. The molecule has 162 valence electrons. The zero-order valence-electron chi connectivity index (χ0n) is 18.3. The Morgan fingerprint density at radius 3 is 2.41 bits per heavy atom. The fraction of sp³-hybridized carbons (Fsp3) is 0.280. The second kappa shape index (κ2) is 7.45. The van der Waals surface area contributed by atoms with Crippen molar-refractivity contribution in [3.63, 3.8) is 0 Å². The molecule has 1 aromatic heterocycles. The Balaban J connectivity index is 1.66. The normalized spacial score (nSPS) is 19.2. The van der Waals surface area contributed by atoms with Crippen molar-refractivity contribution >= 4 is 22.7 Å². The first-order chi connectivity index (χ1) is 15.2. The van der Waals surface area contributed by atoms with E-state index in [-0.39, 0.29) is 11.2 Å². The molecule has 7 heteroatoms. The highest BCUT2D eigenvalue weighted by molar-refractivity contribution is 8.14. The highest BCUT2D eigenvalue weighted by Crippen LogP contribution is 2.53. The van der Waals surface area contributed by atoms with Crippen LogP contribution in [0.5, 0.6) is 11.5 Å². The predicted molar refractivity (Wildman–Crippen MR) is 127 cm³/mol. The standard InChI is InChI=1S/C25H24N4O2S/c1-24(2,3)10-20(30)16-5-7-22-19(9-16)25(13-32-23(26)29-25)18-8-15(4-6-21(18)31-22)17-11-27-14-28-12-17/h4-9,11-12,14H,10,13H2,1-3H3,(H2,26,29)/t25-/m0/s1. The molecule has 0 aliphatic carbocycles. The number of rotatable bonds is 3. The lowest BCUT2D eigenvalue weighted by Gasteiger charge is -2.35. The number of aromatic nitrogens is 2. The highest BCUT2D eigenvalue weighted by Gasteiger charge is 2.46. The van der Waals surface area contributed by atoms with Crippen molar-refractivity contribution in [2.24, 2.45) is 16.1 Å². The number of nitrogens with zero attached hydrogens (tertiary/aromatic N) is 3. The van der Waals surface area contributed by atoms with Crippen LogP contribution in [0.2, 0.25) is 0 Å². The number of nitrogens with two attached hydrogens (primary N) is 1. The van der Waals surface area contributed by atoms with Crippen molar-refractivity contribution in [1.29, 1.82) is 0 Å². The minimum Gasteiger partial charge on any atom is -0.457 e. The molecular formula is C25H24N4O2S. The van der Waals surface area contributed by atoms with Gasteiger partial charge in [-0.1, -0.05) is 38.6 Å². The molecule has 0 unspecified atom stereocenters. The van der Waals surface area contributed by atoms with Gasteiger partial charge in [0.25, 0.3) is 0 Å². The molecule has 0 amide bonds. The molecule has 2 aromatic carbocycles. The van der Waals surface area contributed by atoms with Gasteiger partial charge in [0.2, 0.25) is 0 Å². The van der Waals surface area contributed by atoms with Crippen molar-refractivity contribution in [1.82, 2.24) is 9.97 Å². The van der Waals surface area contributed by atoms with Gasteiger partial charge in [-0.2, -0.15) is 0 Å². The van der Waals surface area contributed by atoms with Gasteiger partial charge in [-0.25, -0.2) is 15.0 Å². The van der Waals surface area contributed by atoms with E-state index in [1.165, 1.54) is 18.1 Å². The maximum atomic E-state index is 13.0. The third kappa shape index (κ3) is 3.56. The first-order valence-corrected chi connectivity index (χ1v) is 11.5. The lowest BCUT2D eigenvalue weighted by molar-refractivity contribution is 0.0939. The fourth-order valence-electron chi connectivity index (χ4n) is 4.24. The Morgan fingerprint density at radius 2 is 1.75 bits per heavy atom. The number of carbonyl (C=O) groups is 1. The van der Waals surface area contributed by atoms with Crippen LogP contribution < -0.4 is 10.5 Å². The molecular weight excluding hydrogens is 420 g/mol. The highest BCUT2D eigenvalue weighted by atomic mass is 32.2. The van der Waals surface area contributed by atoms with E-state index in [1.807, 2.05) is 30.3 Å². The Labute approximate surface area is 191 Å². The summed E-state index contributed by atoms with van der Waals surface area (Å²) in [5.41, 5.74) is 9.73. The number of Topliss-reactive ketones (excluding diaryl/α,β-unsaturated/α-hetero) is 1. The van der Waals surface area contributed by atoms with Crippen LogP contribution in [0.1, 0.15) is 48.7 Å². The summed E-state index contributed by atoms with van der Waals surface area (Å²) >= 11 is 1.52. The van der Waals surface area contributed by atoms with Crippen molar-refractivity contribution in [3.05, 3.63) is 71.8 Å². The minimum absolute atomic E-state index is 0.0911. The van der Waals surface area contributed by atoms with Crippen molar-refractivity contribution in [2.45, 2.75) is 32.7 Å². The van der Waals surface area contributed by atoms with Gasteiger partial charge in [0, 0.05) is 46.8 Å². The maximum Gasteiger partial charge on any atom is 0.163 e. The van der Waals surface area contributed by atoms with Crippen LogP contribution in [0.4, 0.5) is 0 Å². The summed E-state index contributed by atoms with van der Waals surface area (Å²) in [4.78, 5) is 26.2. The number of hydrogen-bond donors (Lipinski definition) is 1. The van der Waals surface area contributed by atoms with Crippen molar-refractivity contribution in [3.8, 4) is 22.6 Å². The monoisotopic (exact) mass is 444 g/mol. The number of thioether (sulfide) groups is 1. The second-order valence-electron chi connectivity index (χ2n) is 9.41. The number of ether oxygens (including phenoxy) is 1. The summed E-state index contributed by atoms with van der Waals surface area (Å²) in [6.45, 7) is 6.20. The van der Waals surface area contributed by atoms with E-state index in [0.717, 1.165) is 28.0 Å². The van der Waals surface area contributed by atoms with Crippen LogP contribution in [-0.2, 0) is 5.54 Å². The van der Waals surface area contributed by atoms with Crippen LogP contribution in [0, 0.1) is 5.41 Å². The van der Waals surface area contributed by atoms with Gasteiger partial charge >= 0.3 is 0 Å². The Morgan fingerprint density at radius 1 is 1.06 bits per heavy atom. The van der Waals surface area contributed by atoms with E-state index < -0.39 is 5.54 Å². The summed E-state index contributed by atoms with van der Waals surface area (Å²) in [7, 11) is 0. The summed E-state index contributed by atoms with van der Waals surface area (Å²) in [5.74, 6) is 2.21. The number of fused-ring (bicyclic) bond motifs is 4. The molecule has 3 heterocycles. The molecule has 2 aliphatic rings. The van der Waals surface area contributed by atoms with Gasteiger partial charge in [-0.3, -0.25) is 4.79 Å². The molecule has 32 heavy (non-hydrogen) atoms. The molecule has 2 N–H and O–H groups in total. The Kier molecular flexibility index (Phi) is 4.82. The molecule has 0 fully saturated rings. The van der Waals surface area contributed by atoms with Gasteiger partial charge in [0.1, 0.15) is 23.4 Å². The molecule has 2 aliphatic heterocycles. The lowest BCUT2D eigenvalue weighted by atomic mass is 9.79. The summed E-state index contributed by atoms with van der Waals surface area (Å²) in [6.07, 6.45) is 5.54. The van der Waals surface area contributed by atoms with Crippen LogP contribution >= 0.6 is 11.8 Å². The third-order valence-electron chi connectivity index (χ3n) is 5.71. The van der Waals surface area contributed by atoms with Crippen molar-refractivity contribution < 1.29 is 9.53 Å². The lowest BCUT2D eigenvalue weighted by Crippen LogP contribution is -2.30. The molecule has 0 bridgehead atoms. The van der Waals surface area contributed by atoms with E-state index in [4.69, 9.17) is 15.5 Å². The number of carbonyl (C=O) groups excluding carboxylic acids is 1. The summed E-state index contributed by atoms with van der Waals surface area (Å²) < 4.78 is 6.26. The molecule has 0 saturated heterocycles. The zero-order chi connectivity index (χ0) is 22.5. The maximum absolute atomic E-state index is 13.0. The molecule has 0 saturated carbocycles. The van der Waals surface area contributed by atoms with E-state index in [9.17, 15) is 4.79 Å². The average Bonchev–Trinajstić information content (AvgIpc) is 3.15. The van der Waals surface area contributed by atoms with Gasteiger partial charge in [0.05, 0.1) is 0 Å². The van der Waals surface area contributed by atoms with E-state index in [0.29, 0.717) is 28.7 Å². The number of hydrogen-bond acceptors (Lipinski definition) is 7. The molecule has 6 nitrogen and oxygen atoms in total. The summed E-state index contributed by atoms with van der Waals surface area (Å²) in [6, 6.07) is 11.7. The first kappa shape index (κ1) is 20.7. The van der Waals surface area contributed by atoms with Crippen molar-refractivity contribution in [2.75, 3.05) is 5.75 Å². The van der Waals surface area contributed by atoms with E-state index >= 15 is 0 Å². The van der Waals surface area contributed by atoms with Crippen LogP contribution in [0.25, 0.3) is 11.1 Å². The molecule has 1 atom stereocenters. The largest absolute Gasteiger partial charge is 0.457 e. The number of amidine groups is 1. The van der Waals surface area contributed by atoms with Crippen LogP contribution in [0.15, 0.2) is 60.1 Å². The SMILES string of the molecule is CC(C)(C)CC(=O)c1ccc2c(c1)[C@]1(CSC(N)=N1)c1cc(-c3cncnc3)ccc1O2. The van der Waals surface area contributed by atoms with E-state index in [1.54, 1.807) is 12.4 Å². The van der Waals surface area contributed by atoms with Gasteiger partial charge in [-0.05, 0) is 41.3 Å². The van der Waals surface area contributed by atoms with Gasteiger partial charge in [-0.15, -0.1) is 0 Å². The second-order valence-corrected chi connectivity index (χ2v) is 10.4. The van der Waals surface area contributed by atoms with Gasteiger partial charge in [0.15, 0.2) is 11.0 Å². The molecule has 5 rings (SSSR count). The fourth-order valence-corrected chi connectivity index (χ4v) is 5.19. The van der Waals surface area contributed by atoms with E-state index in [2.05, 4.69) is 36.8 Å². The molecule has 0 radical (unpaired) electrons. The predicted octanol–water partition coefficient (Wildman–Crippen LogP) is 5.17. The smallest absolute Gasteiger partial charge is 0.163 e. The minimum atomic E-state index is -0.707. The number of benzene rings is 2. The van der Waals surface area contributed by atoms with Crippen LogP contribution in [-0.4, -0.2) is 26.7 Å². The Bertz CT molecular complexity index is 1250. The topological polar surface area (TPSA) is 90.5 Å². The summed E-state index contributed by atoms with van der Waals surface area (Å²) in [5, 5.41) is 0.531. The Hall–Kier alpha value is -3.19.